The molecule has 0 spiro atoms. The Balaban J connectivity index is 1.69. The third kappa shape index (κ3) is 2.62. The Labute approximate surface area is 108 Å². The molecule has 0 bridgehead atoms. The van der Waals surface area contributed by atoms with Crippen LogP contribution in [-0.4, -0.2) is 28.0 Å². The summed E-state index contributed by atoms with van der Waals surface area (Å²) in [5.41, 5.74) is 2.22. The van der Waals surface area contributed by atoms with Gasteiger partial charge in [-0.3, -0.25) is 4.90 Å². The molecule has 0 atom stereocenters. The third-order valence-electron chi connectivity index (χ3n) is 3.52. The van der Waals surface area contributed by atoms with Gasteiger partial charge in [0.25, 0.3) is 0 Å². The molecule has 18 heavy (non-hydrogen) atoms. The number of H-pyrrole nitrogens is 1. The second-order valence-corrected chi connectivity index (χ2v) is 4.94. The SMILES string of the molecule is c1ccc(-c2c[nH]c(CN3CCCCC3)n2)cc1. The van der Waals surface area contributed by atoms with Crippen molar-refractivity contribution >= 4 is 0 Å². The quantitative estimate of drug-likeness (QED) is 0.895. The van der Waals surface area contributed by atoms with Gasteiger partial charge in [0, 0.05) is 11.8 Å². The average Bonchev–Trinajstić information content (AvgIpc) is 2.89. The lowest BCUT2D eigenvalue weighted by atomic mass is 10.1. The fourth-order valence-electron chi connectivity index (χ4n) is 2.53. The molecule has 3 heteroatoms. The predicted octanol–water partition coefficient (Wildman–Crippen LogP) is 3.06. The van der Waals surface area contributed by atoms with Crippen molar-refractivity contribution in [1.29, 1.82) is 0 Å². The number of hydrogen-bond donors (Lipinski definition) is 1. The van der Waals surface area contributed by atoms with Gasteiger partial charge in [0.1, 0.15) is 5.82 Å². The number of aromatic amines is 1. The largest absolute Gasteiger partial charge is 0.347 e. The molecule has 2 heterocycles. The van der Waals surface area contributed by atoms with Crippen molar-refractivity contribution in [3.05, 3.63) is 42.4 Å². The Bertz CT molecular complexity index is 483. The standard InChI is InChI=1S/C15H19N3/c1-3-7-13(8-4-1)14-11-16-15(17-14)12-18-9-5-2-6-10-18/h1,3-4,7-8,11H,2,5-6,9-10,12H2,(H,16,17). The summed E-state index contributed by atoms with van der Waals surface area (Å²) in [5, 5.41) is 0. The minimum Gasteiger partial charge on any atom is -0.347 e. The average molecular weight is 241 g/mol. The maximum atomic E-state index is 4.68. The van der Waals surface area contributed by atoms with Crippen molar-refractivity contribution in [2.24, 2.45) is 0 Å². The molecule has 1 N–H and O–H groups in total. The number of piperidine rings is 1. The summed E-state index contributed by atoms with van der Waals surface area (Å²) in [6, 6.07) is 10.3. The van der Waals surface area contributed by atoms with Crippen LogP contribution in [0.15, 0.2) is 36.5 Å². The molecule has 0 aliphatic carbocycles. The molecule has 1 aromatic carbocycles. The highest BCUT2D eigenvalue weighted by atomic mass is 15.1. The van der Waals surface area contributed by atoms with E-state index in [0.717, 1.165) is 18.1 Å². The van der Waals surface area contributed by atoms with Gasteiger partial charge < -0.3 is 4.98 Å². The second-order valence-electron chi connectivity index (χ2n) is 4.94. The number of nitrogens with one attached hydrogen (secondary N) is 1. The Morgan fingerprint density at radius 1 is 1.06 bits per heavy atom. The highest BCUT2D eigenvalue weighted by Gasteiger charge is 2.12. The van der Waals surface area contributed by atoms with E-state index in [9.17, 15) is 0 Å². The van der Waals surface area contributed by atoms with Gasteiger partial charge in [-0.2, -0.15) is 0 Å². The number of nitrogens with zero attached hydrogens (tertiary/aromatic N) is 2. The smallest absolute Gasteiger partial charge is 0.121 e. The van der Waals surface area contributed by atoms with E-state index in [0.29, 0.717) is 0 Å². The summed E-state index contributed by atoms with van der Waals surface area (Å²) in [6.45, 7) is 3.37. The van der Waals surface area contributed by atoms with Gasteiger partial charge in [0.05, 0.1) is 12.2 Å². The van der Waals surface area contributed by atoms with Crippen LogP contribution in [-0.2, 0) is 6.54 Å². The molecule has 3 rings (SSSR count). The Kier molecular flexibility index (Phi) is 3.42. The van der Waals surface area contributed by atoms with E-state index in [1.807, 2.05) is 24.4 Å². The van der Waals surface area contributed by atoms with Crippen LogP contribution in [0.3, 0.4) is 0 Å². The minimum atomic E-state index is 0.951. The van der Waals surface area contributed by atoms with E-state index >= 15 is 0 Å². The molecule has 94 valence electrons. The summed E-state index contributed by atoms with van der Waals surface area (Å²) in [7, 11) is 0. The van der Waals surface area contributed by atoms with Crippen molar-refractivity contribution in [3.63, 3.8) is 0 Å². The van der Waals surface area contributed by atoms with E-state index in [4.69, 9.17) is 0 Å². The van der Waals surface area contributed by atoms with Crippen molar-refractivity contribution in [3.8, 4) is 11.3 Å². The highest BCUT2D eigenvalue weighted by molar-refractivity contribution is 5.57. The van der Waals surface area contributed by atoms with E-state index in [2.05, 4.69) is 27.0 Å². The van der Waals surface area contributed by atoms with E-state index in [1.54, 1.807) is 0 Å². The van der Waals surface area contributed by atoms with E-state index < -0.39 is 0 Å². The van der Waals surface area contributed by atoms with Crippen molar-refractivity contribution in [1.82, 2.24) is 14.9 Å². The summed E-state index contributed by atoms with van der Waals surface area (Å²) < 4.78 is 0. The molecule has 0 amide bonds. The Morgan fingerprint density at radius 2 is 1.83 bits per heavy atom. The molecular formula is C15H19N3. The lowest BCUT2D eigenvalue weighted by molar-refractivity contribution is 0.216. The first-order chi connectivity index (χ1) is 8.92. The first-order valence-corrected chi connectivity index (χ1v) is 6.74. The molecule has 2 aromatic rings. The van der Waals surface area contributed by atoms with Gasteiger partial charge >= 0.3 is 0 Å². The van der Waals surface area contributed by atoms with Crippen molar-refractivity contribution in [2.45, 2.75) is 25.8 Å². The fraction of sp³-hybridized carbons (Fsp3) is 0.400. The van der Waals surface area contributed by atoms with Crippen LogP contribution < -0.4 is 0 Å². The van der Waals surface area contributed by atoms with E-state index in [1.165, 1.54) is 37.9 Å². The van der Waals surface area contributed by atoms with Crippen molar-refractivity contribution < 1.29 is 0 Å². The molecule has 0 unspecified atom stereocenters. The molecule has 3 nitrogen and oxygen atoms in total. The van der Waals surface area contributed by atoms with Crippen LogP contribution in [0, 0.1) is 0 Å². The molecule has 0 saturated carbocycles. The number of benzene rings is 1. The second kappa shape index (κ2) is 5.36. The minimum absolute atomic E-state index is 0.951. The summed E-state index contributed by atoms with van der Waals surface area (Å²) >= 11 is 0. The monoisotopic (exact) mass is 241 g/mol. The maximum absolute atomic E-state index is 4.68. The first-order valence-electron chi connectivity index (χ1n) is 6.74. The first kappa shape index (κ1) is 11.5. The van der Waals surface area contributed by atoms with E-state index in [-0.39, 0.29) is 0 Å². The molecule has 1 saturated heterocycles. The van der Waals surface area contributed by atoms with Crippen LogP contribution in [0.5, 0.6) is 0 Å². The lowest BCUT2D eigenvalue weighted by Crippen LogP contribution is -2.29. The zero-order valence-corrected chi connectivity index (χ0v) is 10.6. The highest BCUT2D eigenvalue weighted by Crippen LogP contribution is 2.17. The Morgan fingerprint density at radius 3 is 2.61 bits per heavy atom. The predicted molar refractivity (Wildman–Crippen MR) is 73.2 cm³/mol. The number of likely N-dealkylation sites (tertiary alicyclic amines) is 1. The van der Waals surface area contributed by atoms with Crippen molar-refractivity contribution in [2.75, 3.05) is 13.1 Å². The molecule has 1 aliphatic rings. The van der Waals surface area contributed by atoms with Crippen LogP contribution in [0.25, 0.3) is 11.3 Å². The zero-order valence-electron chi connectivity index (χ0n) is 10.6. The summed E-state index contributed by atoms with van der Waals surface area (Å²) in [4.78, 5) is 10.5. The van der Waals surface area contributed by atoms with Gasteiger partial charge in [-0.15, -0.1) is 0 Å². The van der Waals surface area contributed by atoms with Gasteiger partial charge in [0.2, 0.25) is 0 Å². The van der Waals surface area contributed by atoms with Crippen LogP contribution in [0.4, 0.5) is 0 Å². The van der Waals surface area contributed by atoms with Crippen LogP contribution >= 0.6 is 0 Å². The number of imidazole rings is 1. The molecule has 0 radical (unpaired) electrons. The Hall–Kier alpha value is -1.61. The third-order valence-corrected chi connectivity index (χ3v) is 3.52. The number of hydrogen-bond acceptors (Lipinski definition) is 2. The fourth-order valence-corrected chi connectivity index (χ4v) is 2.53. The normalized spacial score (nSPS) is 16.9. The number of aromatic nitrogens is 2. The summed E-state index contributed by atoms with van der Waals surface area (Å²) in [5.74, 6) is 1.08. The van der Waals surface area contributed by atoms with Gasteiger partial charge in [-0.05, 0) is 25.9 Å². The zero-order chi connectivity index (χ0) is 12.2. The molecule has 1 aromatic heterocycles. The number of rotatable bonds is 3. The summed E-state index contributed by atoms with van der Waals surface area (Å²) in [6.07, 6.45) is 6.04. The lowest BCUT2D eigenvalue weighted by Gasteiger charge is -2.25. The topological polar surface area (TPSA) is 31.9 Å². The van der Waals surface area contributed by atoms with Gasteiger partial charge in [-0.25, -0.2) is 4.98 Å². The van der Waals surface area contributed by atoms with Gasteiger partial charge in [0.15, 0.2) is 0 Å². The molecular weight excluding hydrogens is 222 g/mol. The maximum Gasteiger partial charge on any atom is 0.121 e. The molecule has 1 aliphatic heterocycles. The van der Waals surface area contributed by atoms with Crippen LogP contribution in [0.2, 0.25) is 0 Å². The molecule has 1 fully saturated rings. The van der Waals surface area contributed by atoms with Gasteiger partial charge in [-0.1, -0.05) is 36.8 Å². The van der Waals surface area contributed by atoms with Crippen LogP contribution in [0.1, 0.15) is 25.1 Å².